The lowest BCUT2D eigenvalue weighted by molar-refractivity contribution is 0.219. The highest BCUT2D eigenvalue weighted by Crippen LogP contribution is 2.41. The minimum atomic E-state index is 0.744. The van der Waals surface area contributed by atoms with E-state index in [1.54, 1.807) is 11.3 Å². The van der Waals surface area contributed by atoms with E-state index < -0.39 is 0 Å². The summed E-state index contributed by atoms with van der Waals surface area (Å²) in [6, 6.07) is 15.9. The van der Waals surface area contributed by atoms with Crippen molar-refractivity contribution in [3.63, 3.8) is 0 Å². The Kier molecular flexibility index (Phi) is 3.90. The first-order chi connectivity index (χ1) is 12.7. The van der Waals surface area contributed by atoms with Crippen molar-refractivity contribution in [2.45, 2.75) is 52.1 Å². The summed E-state index contributed by atoms with van der Waals surface area (Å²) in [6.07, 6.45) is 3.77. The molecule has 0 amide bonds. The van der Waals surface area contributed by atoms with Gasteiger partial charge in [0, 0.05) is 35.6 Å². The summed E-state index contributed by atoms with van der Waals surface area (Å²) in [6.45, 7) is 9.23. The van der Waals surface area contributed by atoms with Crippen molar-refractivity contribution in [2.75, 3.05) is 13.1 Å². The number of piperidine rings is 1. The molecule has 0 atom stereocenters. The Labute approximate surface area is 156 Å². The highest BCUT2D eigenvalue weighted by molar-refractivity contribution is 5.86. The molecule has 3 aliphatic heterocycles. The summed E-state index contributed by atoms with van der Waals surface area (Å²) in [7, 11) is 0. The van der Waals surface area contributed by atoms with Gasteiger partial charge in [0.1, 0.15) is 0 Å². The van der Waals surface area contributed by atoms with Gasteiger partial charge >= 0.3 is 0 Å². The van der Waals surface area contributed by atoms with Crippen molar-refractivity contribution >= 4 is 10.9 Å². The molecule has 0 unspecified atom stereocenters. The number of nitrogens with zero attached hydrogens (tertiary/aromatic N) is 2. The fourth-order valence-corrected chi connectivity index (χ4v) is 5.14. The third-order valence-corrected chi connectivity index (χ3v) is 6.59. The van der Waals surface area contributed by atoms with Crippen LogP contribution in [0.1, 0.15) is 46.7 Å². The molecular weight excluding hydrogens is 316 g/mol. The molecule has 2 bridgehead atoms. The van der Waals surface area contributed by atoms with Crippen molar-refractivity contribution < 1.29 is 0 Å². The minimum Gasteiger partial charge on any atom is -0.344 e. The molecule has 1 saturated heterocycles. The summed E-state index contributed by atoms with van der Waals surface area (Å²) < 4.78 is 2.68. The van der Waals surface area contributed by atoms with Crippen molar-refractivity contribution in [1.82, 2.24) is 9.47 Å². The fraction of sp³-hybridized carbons (Fsp3) is 0.417. The Hall–Kier alpha value is -2.06. The summed E-state index contributed by atoms with van der Waals surface area (Å²) in [5, 5.41) is 1.50. The van der Waals surface area contributed by atoms with Crippen LogP contribution in [-0.4, -0.2) is 22.6 Å². The van der Waals surface area contributed by atoms with Gasteiger partial charge in [-0.1, -0.05) is 35.9 Å². The third-order valence-electron chi connectivity index (χ3n) is 6.59. The van der Waals surface area contributed by atoms with Crippen molar-refractivity contribution in [3.8, 4) is 0 Å². The van der Waals surface area contributed by atoms with E-state index in [1.165, 1.54) is 53.5 Å². The van der Waals surface area contributed by atoms with Gasteiger partial charge in [-0.15, -0.1) is 0 Å². The summed E-state index contributed by atoms with van der Waals surface area (Å²) in [5.41, 5.74) is 8.99. The molecule has 2 nitrogen and oxygen atoms in total. The van der Waals surface area contributed by atoms with Gasteiger partial charge < -0.3 is 4.57 Å². The standard InChI is InChI=1S/C24H28N2/c1-17-7-8-23-21(15-17)22-16-25-12-9-20(10-13-25)24(22)26(23)14-11-19-6-4-3-5-18(19)2/h3-8,15,20H,9-14,16H2,1-2H3. The molecule has 0 radical (unpaired) electrons. The first kappa shape index (κ1) is 16.1. The number of hydrogen-bond acceptors (Lipinski definition) is 1. The zero-order valence-electron chi connectivity index (χ0n) is 16.0. The van der Waals surface area contributed by atoms with Crippen LogP contribution < -0.4 is 0 Å². The third kappa shape index (κ3) is 2.59. The van der Waals surface area contributed by atoms with E-state index in [2.05, 4.69) is 65.8 Å². The molecule has 0 N–H and O–H groups in total. The van der Waals surface area contributed by atoms with E-state index in [4.69, 9.17) is 0 Å². The van der Waals surface area contributed by atoms with Crippen molar-refractivity contribution in [2.24, 2.45) is 0 Å². The zero-order valence-corrected chi connectivity index (χ0v) is 16.0. The van der Waals surface area contributed by atoms with E-state index in [0.29, 0.717) is 0 Å². The maximum Gasteiger partial charge on any atom is 0.0486 e. The quantitative estimate of drug-likeness (QED) is 0.634. The highest BCUT2D eigenvalue weighted by atomic mass is 15.1. The SMILES string of the molecule is Cc1ccc2c(c1)c1c(n2CCc2ccccc2C)C2CCN(CC2)C1. The Morgan fingerprint density at radius 2 is 1.81 bits per heavy atom. The molecule has 4 heterocycles. The first-order valence-electron chi connectivity index (χ1n) is 10.1. The van der Waals surface area contributed by atoms with Crippen LogP contribution in [-0.2, 0) is 19.5 Å². The lowest BCUT2D eigenvalue weighted by atomic mass is 9.93. The largest absolute Gasteiger partial charge is 0.344 e. The second kappa shape index (κ2) is 6.28. The maximum absolute atomic E-state index is 2.68. The molecule has 2 heteroatoms. The minimum absolute atomic E-state index is 0.744. The van der Waals surface area contributed by atoms with Gasteiger partial charge in [-0.25, -0.2) is 0 Å². The molecule has 2 aromatic carbocycles. The van der Waals surface area contributed by atoms with Crippen LogP contribution in [0.3, 0.4) is 0 Å². The van der Waals surface area contributed by atoms with E-state index in [1.807, 2.05) is 0 Å². The van der Waals surface area contributed by atoms with E-state index in [9.17, 15) is 0 Å². The number of hydrogen-bond donors (Lipinski definition) is 0. The summed E-state index contributed by atoms with van der Waals surface area (Å²) in [4.78, 5) is 2.66. The number of fused-ring (bicyclic) bond motifs is 3. The van der Waals surface area contributed by atoms with Gasteiger partial charge in [-0.3, -0.25) is 4.90 Å². The smallest absolute Gasteiger partial charge is 0.0486 e. The van der Waals surface area contributed by atoms with E-state index in [0.717, 1.165) is 25.4 Å². The number of aromatic nitrogens is 1. The van der Waals surface area contributed by atoms with E-state index in [-0.39, 0.29) is 0 Å². The molecule has 0 spiro atoms. The average Bonchev–Trinajstić information content (AvgIpc) is 2.78. The predicted molar refractivity (Wildman–Crippen MR) is 109 cm³/mol. The van der Waals surface area contributed by atoms with Crippen molar-refractivity contribution in [1.29, 1.82) is 0 Å². The lowest BCUT2D eigenvalue weighted by Gasteiger charge is -2.27. The van der Waals surface area contributed by atoms with Gasteiger partial charge in [0.25, 0.3) is 0 Å². The van der Waals surface area contributed by atoms with Crippen LogP contribution in [0.25, 0.3) is 10.9 Å². The first-order valence-corrected chi connectivity index (χ1v) is 10.1. The van der Waals surface area contributed by atoms with Crippen LogP contribution in [0.2, 0.25) is 0 Å². The molecule has 0 aliphatic carbocycles. The number of aryl methyl sites for hydroxylation is 4. The molecule has 3 aliphatic rings. The maximum atomic E-state index is 2.68. The topological polar surface area (TPSA) is 8.17 Å². The molecule has 3 aromatic rings. The van der Waals surface area contributed by atoms with Gasteiger partial charge in [0.15, 0.2) is 0 Å². The fourth-order valence-electron chi connectivity index (χ4n) is 5.14. The monoisotopic (exact) mass is 344 g/mol. The molecule has 134 valence electrons. The van der Waals surface area contributed by atoms with Gasteiger partial charge in [0.2, 0.25) is 0 Å². The highest BCUT2D eigenvalue weighted by Gasteiger charge is 2.32. The van der Waals surface area contributed by atoms with Crippen LogP contribution in [0, 0.1) is 13.8 Å². The lowest BCUT2D eigenvalue weighted by Crippen LogP contribution is -2.29. The summed E-state index contributed by atoms with van der Waals surface area (Å²) in [5.74, 6) is 0.744. The predicted octanol–water partition coefficient (Wildman–Crippen LogP) is 5.19. The van der Waals surface area contributed by atoms with Crippen LogP contribution in [0.4, 0.5) is 0 Å². The molecule has 26 heavy (non-hydrogen) atoms. The Morgan fingerprint density at radius 3 is 2.62 bits per heavy atom. The van der Waals surface area contributed by atoms with Crippen molar-refractivity contribution in [3.05, 3.63) is 70.4 Å². The number of benzene rings is 2. The van der Waals surface area contributed by atoms with Gasteiger partial charge in [0.05, 0.1) is 0 Å². The molecule has 6 rings (SSSR count). The van der Waals surface area contributed by atoms with Gasteiger partial charge in [-0.2, -0.15) is 0 Å². The van der Waals surface area contributed by atoms with Crippen LogP contribution >= 0.6 is 0 Å². The Morgan fingerprint density at radius 1 is 1.00 bits per heavy atom. The average molecular weight is 345 g/mol. The molecule has 0 saturated carbocycles. The van der Waals surface area contributed by atoms with Crippen LogP contribution in [0.15, 0.2) is 42.5 Å². The molecule has 1 aromatic heterocycles. The summed E-state index contributed by atoms with van der Waals surface area (Å²) >= 11 is 0. The molecular formula is C24H28N2. The number of rotatable bonds is 3. The van der Waals surface area contributed by atoms with Crippen LogP contribution in [0.5, 0.6) is 0 Å². The Bertz CT molecular complexity index is 958. The normalized spacial score (nSPS) is 21.8. The zero-order chi connectivity index (χ0) is 17.7. The second-order valence-corrected chi connectivity index (χ2v) is 8.26. The molecule has 1 fully saturated rings. The Balaban J connectivity index is 1.62. The van der Waals surface area contributed by atoms with Gasteiger partial charge in [-0.05, 0) is 75.0 Å². The van der Waals surface area contributed by atoms with E-state index >= 15 is 0 Å². The second-order valence-electron chi connectivity index (χ2n) is 8.26.